The molecule has 0 aliphatic rings. The highest BCUT2D eigenvalue weighted by molar-refractivity contribution is 8.00. The number of hydrogen-bond acceptors (Lipinski definition) is 5. The number of nitrogens with zero attached hydrogens (tertiary/aromatic N) is 4. The van der Waals surface area contributed by atoms with E-state index >= 15 is 0 Å². The Morgan fingerprint density at radius 2 is 2.04 bits per heavy atom. The van der Waals surface area contributed by atoms with E-state index in [9.17, 15) is 4.79 Å². The third-order valence-corrected chi connectivity index (χ3v) is 5.40. The summed E-state index contributed by atoms with van der Waals surface area (Å²) >= 11 is 1.45. The number of carbonyl (C=O) groups is 1. The van der Waals surface area contributed by atoms with E-state index in [0.717, 1.165) is 46.9 Å². The van der Waals surface area contributed by atoms with Crippen molar-refractivity contribution in [3.05, 3.63) is 42.7 Å². The Hall–Kier alpha value is -2.54. The van der Waals surface area contributed by atoms with Crippen molar-refractivity contribution in [1.29, 1.82) is 0 Å². The van der Waals surface area contributed by atoms with Gasteiger partial charge in [0.25, 0.3) is 0 Å². The maximum atomic E-state index is 12.3. The van der Waals surface area contributed by atoms with E-state index in [1.165, 1.54) is 11.8 Å². The second-order valence-corrected chi connectivity index (χ2v) is 7.47. The SMILES string of the molecule is CCCCN(C)C(=O)CSc1nccn2nc(-c3ccc(OCC)cc3)cc12. The molecule has 0 aliphatic carbocycles. The van der Waals surface area contributed by atoms with Gasteiger partial charge >= 0.3 is 0 Å². The molecular weight excluding hydrogens is 372 g/mol. The zero-order valence-electron chi connectivity index (χ0n) is 16.6. The molecule has 0 N–H and O–H groups in total. The monoisotopic (exact) mass is 398 g/mol. The molecule has 0 radical (unpaired) electrons. The van der Waals surface area contributed by atoms with Gasteiger partial charge < -0.3 is 9.64 Å². The van der Waals surface area contributed by atoms with Crippen molar-refractivity contribution in [2.45, 2.75) is 31.7 Å². The Balaban J connectivity index is 1.75. The minimum atomic E-state index is 0.119. The number of fused-ring (bicyclic) bond motifs is 1. The van der Waals surface area contributed by atoms with Gasteiger partial charge in [0.2, 0.25) is 5.91 Å². The standard InChI is InChI=1S/C21H26N4O2S/c1-4-6-12-24(3)20(26)15-28-21-19-14-18(23-25(19)13-11-22-21)16-7-9-17(10-8-16)27-5-2/h7-11,13-14H,4-6,12,15H2,1-3H3. The Kier molecular flexibility index (Phi) is 6.92. The molecule has 7 heteroatoms. The quantitative estimate of drug-likeness (QED) is 0.507. The fourth-order valence-electron chi connectivity index (χ4n) is 2.80. The normalized spacial score (nSPS) is 11.0. The van der Waals surface area contributed by atoms with Crippen molar-refractivity contribution in [3.8, 4) is 17.0 Å². The predicted molar refractivity (Wildman–Crippen MR) is 113 cm³/mol. The summed E-state index contributed by atoms with van der Waals surface area (Å²) in [6.45, 7) is 5.53. The minimum Gasteiger partial charge on any atom is -0.494 e. The average molecular weight is 399 g/mol. The summed E-state index contributed by atoms with van der Waals surface area (Å²) in [5.74, 6) is 1.34. The first-order chi connectivity index (χ1) is 13.6. The van der Waals surface area contributed by atoms with E-state index in [2.05, 4.69) is 17.0 Å². The third kappa shape index (κ3) is 4.84. The molecule has 0 spiro atoms. The number of unbranched alkanes of at least 4 members (excludes halogenated alkanes) is 1. The number of carbonyl (C=O) groups excluding carboxylic acids is 1. The molecule has 28 heavy (non-hydrogen) atoms. The van der Waals surface area contributed by atoms with Gasteiger partial charge in [-0.25, -0.2) is 9.50 Å². The number of hydrogen-bond donors (Lipinski definition) is 0. The first-order valence-electron chi connectivity index (χ1n) is 9.56. The Morgan fingerprint density at radius 1 is 1.25 bits per heavy atom. The third-order valence-electron chi connectivity index (χ3n) is 4.42. The summed E-state index contributed by atoms with van der Waals surface area (Å²) in [5, 5.41) is 5.46. The van der Waals surface area contributed by atoms with Gasteiger partial charge in [-0.05, 0) is 43.7 Å². The second kappa shape index (κ2) is 9.59. The van der Waals surface area contributed by atoms with Gasteiger partial charge in [-0.15, -0.1) is 0 Å². The van der Waals surface area contributed by atoms with Crippen molar-refractivity contribution >= 4 is 23.2 Å². The fraction of sp³-hybridized carbons (Fsp3) is 0.381. The van der Waals surface area contributed by atoms with Crippen LogP contribution in [-0.4, -0.2) is 51.4 Å². The Bertz CT molecular complexity index is 924. The molecule has 1 amide bonds. The van der Waals surface area contributed by atoms with Crippen molar-refractivity contribution in [3.63, 3.8) is 0 Å². The fourth-order valence-corrected chi connectivity index (χ4v) is 3.72. The molecule has 0 saturated carbocycles. The molecule has 2 heterocycles. The first kappa shape index (κ1) is 20.2. The summed E-state index contributed by atoms with van der Waals surface area (Å²) in [7, 11) is 1.86. The van der Waals surface area contributed by atoms with Crippen LogP contribution in [0, 0.1) is 0 Å². The lowest BCUT2D eigenvalue weighted by atomic mass is 10.1. The molecule has 1 aromatic carbocycles. The number of benzene rings is 1. The van der Waals surface area contributed by atoms with Gasteiger partial charge in [0, 0.05) is 31.5 Å². The minimum absolute atomic E-state index is 0.119. The highest BCUT2D eigenvalue weighted by Gasteiger charge is 2.13. The number of aromatic nitrogens is 3. The van der Waals surface area contributed by atoms with Crippen LogP contribution in [0.2, 0.25) is 0 Å². The summed E-state index contributed by atoms with van der Waals surface area (Å²) in [6, 6.07) is 9.90. The highest BCUT2D eigenvalue weighted by Crippen LogP contribution is 2.27. The van der Waals surface area contributed by atoms with E-state index in [1.807, 2.05) is 55.0 Å². The van der Waals surface area contributed by atoms with Crippen LogP contribution in [-0.2, 0) is 4.79 Å². The predicted octanol–water partition coefficient (Wildman–Crippen LogP) is 4.15. The number of thioether (sulfide) groups is 1. The summed E-state index contributed by atoms with van der Waals surface area (Å²) in [4.78, 5) is 18.6. The molecule has 6 nitrogen and oxygen atoms in total. The molecule has 3 aromatic rings. The summed E-state index contributed by atoms with van der Waals surface area (Å²) < 4.78 is 7.31. The van der Waals surface area contributed by atoms with Crippen LogP contribution in [0.1, 0.15) is 26.7 Å². The van der Waals surface area contributed by atoms with Gasteiger partial charge in [0.15, 0.2) is 0 Å². The van der Waals surface area contributed by atoms with Crippen molar-refractivity contribution in [2.24, 2.45) is 0 Å². The Labute approximate surface area is 169 Å². The van der Waals surface area contributed by atoms with E-state index in [0.29, 0.717) is 12.4 Å². The van der Waals surface area contributed by atoms with Crippen LogP contribution < -0.4 is 4.74 Å². The summed E-state index contributed by atoms with van der Waals surface area (Å²) in [6.07, 6.45) is 5.65. The van der Waals surface area contributed by atoms with Gasteiger partial charge in [0.1, 0.15) is 10.8 Å². The van der Waals surface area contributed by atoms with Crippen LogP contribution in [0.4, 0.5) is 0 Å². The number of amides is 1. The van der Waals surface area contributed by atoms with Gasteiger partial charge in [-0.1, -0.05) is 25.1 Å². The molecular formula is C21H26N4O2S. The molecule has 2 aromatic heterocycles. The maximum Gasteiger partial charge on any atom is 0.232 e. The molecule has 0 unspecified atom stereocenters. The molecule has 148 valence electrons. The van der Waals surface area contributed by atoms with Crippen molar-refractivity contribution in [1.82, 2.24) is 19.5 Å². The number of rotatable bonds is 9. The smallest absolute Gasteiger partial charge is 0.232 e. The molecule has 0 atom stereocenters. The van der Waals surface area contributed by atoms with Gasteiger partial charge in [-0.3, -0.25) is 4.79 Å². The van der Waals surface area contributed by atoms with Crippen LogP contribution >= 0.6 is 11.8 Å². The maximum absolute atomic E-state index is 12.3. The van der Waals surface area contributed by atoms with Gasteiger partial charge in [0.05, 0.1) is 23.6 Å². The van der Waals surface area contributed by atoms with E-state index in [4.69, 9.17) is 4.74 Å². The largest absolute Gasteiger partial charge is 0.494 e. The first-order valence-corrected chi connectivity index (χ1v) is 10.5. The average Bonchev–Trinajstić information content (AvgIpc) is 3.16. The Morgan fingerprint density at radius 3 is 2.75 bits per heavy atom. The zero-order valence-corrected chi connectivity index (χ0v) is 17.4. The van der Waals surface area contributed by atoms with Crippen LogP contribution in [0.15, 0.2) is 47.8 Å². The lowest BCUT2D eigenvalue weighted by Gasteiger charge is -2.16. The molecule has 0 aliphatic heterocycles. The van der Waals surface area contributed by atoms with E-state index < -0.39 is 0 Å². The second-order valence-electron chi connectivity index (χ2n) is 6.51. The van der Waals surface area contributed by atoms with Crippen molar-refractivity contribution in [2.75, 3.05) is 26.0 Å². The molecule has 0 saturated heterocycles. The molecule has 3 rings (SSSR count). The van der Waals surface area contributed by atoms with Crippen molar-refractivity contribution < 1.29 is 9.53 Å². The van der Waals surface area contributed by atoms with E-state index in [-0.39, 0.29) is 5.91 Å². The lowest BCUT2D eigenvalue weighted by molar-refractivity contribution is -0.127. The van der Waals surface area contributed by atoms with Crippen LogP contribution in [0.3, 0.4) is 0 Å². The van der Waals surface area contributed by atoms with Crippen LogP contribution in [0.5, 0.6) is 5.75 Å². The summed E-state index contributed by atoms with van der Waals surface area (Å²) in [5.41, 5.74) is 2.78. The molecule has 0 fully saturated rings. The zero-order chi connectivity index (χ0) is 19.9. The molecule has 0 bridgehead atoms. The highest BCUT2D eigenvalue weighted by atomic mass is 32.2. The number of ether oxygens (including phenoxy) is 1. The van der Waals surface area contributed by atoms with Crippen LogP contribution in [0.25, 0.3) is 16.8 Å². The van der Waals surface area contributed by atoms with Gasteiger partial charge in [-0.2, -0.15) is 5.10 Å². The lowest BCUT2D eigenvalue weighted by Crippen LogP contribution is -2.29. The topological polar surface area (TPSA) is 59.7 Å². The van der Waals surface area contributed by atoms with E-state index in [1.54, 1.807) is 11.1 Å².